The smallest absolute Gasteiger partial charge is 0.220 e. The van der Waals surface area contributed by atoms with Crippen molar-refractivity contribution in [3.8, 4) is 0 Å². The number of halogens is 1. The van der Waals surface area contributed by atoms with Crippen molar-refractivity contribution in [2.45, 2.75) is 68.7 Å². The molecular formula is C16H26BrNO2. The van der Waals surface area contributed by atoms with E-state index in [9.17, 15) is 9.90 Å². The minimum Gasteiger partial charge on any atom is -0.394 e. The summed E-state index contributed by atoms with van der Waals surface area (Å²) in [6.07, 6.45) is 9.08. The molecule has 114 valence electrons. The molecular weight excluding hydrogens is 318 g/mol. The molecule has 0 radical (unpaired) electrons. The number of hydrogen-bond acceptors (Lipinski definition) is 2. The molecule has 4 saturated carbocycles. The van der Waals surface area contributed by atoms with Gasteiger partial charge >= 0.3 is 0 Å². The number of hydrogen-bond donors (Lipinski definition) is 2. The molecule has 0 aliphatic heterocycles. The monoisotopic (exact) mass is 343 g/mol. The fourth-order valence-electron chi connectivity index (χ4n) is 5.44. The van der Waals surface area contributed by atoms with Gasteiger partial charge in [0.2, 0.25) is 5.91 Å². The van der Waals surface area contributed by atoms with E-state index in [0.29, 0.717) is 10.7 Å². The predicted molar refractivity (Wildman–Crippen MR) is 82.7 cm³/mol. The average Bonchev–Trinajstić information content (AvgIpc) is 2.32. The number of carbonyl (C=O) groups is 1. The summed E-state index contributed by atoms with van der Waals surface area (Å²) in [5.41, 5.74) is 0.228. The summed E-state index contributed by atoms with van der Waals surface area (Å²) >= 11 is 3.99. The molecule has 3 unspecified atom stereocenters. The van der Waals surface area contributed by atoms with Crippen LogP contribution in [0.3, 0.4) is 0 Å². The van der Waals surface area contributed by atoms with Crippen LogP contribution in [0.15, 0.2) is 0 Å². The van der Waals surface area contributed by atoms with E-state index < -0.39 is 0 Å². The van der Waals surface area contributed by atoms with Gasteiger partial charge in [-0.05, 0) is 62.2 Å². The van der Waals surface area contributed by atoms with Crippen molar-refractivity contribution < 1.29 is 9.90 Å². The first kappa shape index (κ1) is 14.8. The molecule has 4 fully saturated rings. The van der Waals surface area contributed by atoms with Gasteiger partial charge in [0.05, 0.1) is 12.6 Å². The highest BCUT2D eigenvalue weighted by Crippen LogP contribution is 2.65. The highest BCUT2D eigenvalue weighted by Gasteiger charge is 2.57. The first-order valence-electron chi connectivity index (χ1n) is 8.05. The maximum Gasteiger partial charge on any atom is 0.220 e. The molecule has 4 aliphatic carbocycles. The van der Waals surface area contributed by atoms with Crippen molar-refractivity contribution >= 4 is 21.8 Å². The van der Waals surface area contributed by atoms with E-state index in [1.54, 1.807) is 0 Å². The van der Waals surface area contributed by atoms with E-state index in [0.717, 1.165) is 24.7 Å². The molecule has 0 heterocycles. The van der Waals surface area contributed by atoms with Crippen molar-refractivity contribution in [1.82, 2.24) is 5.32 Å². The number of alkyl halides is 1. The van der Waals surface area contributed by atoms with Crippen molar-refractivity contribution in [3.05, 3.63) is 0 Å². The third-order valence-corrected chi connectivity index (χ3v) is 6.65. The second kappa shape index (κ2) is 5.28. The molecule has 0 aromatic heterocycles. The third-order valence-electron chi connectivity index (χ3n) is 5.72. The number of amides is 1. The van der Waals surface area contributed by atoms with Crippen LogP contribution in [0.5, 0.6) is 0 Å². The molecule has 4 aliphatic rings. The van der Waals surface area contributed by atoms with Gasteiger partial charge in [0.25, 0.3) is 0 Å². The Balaban J connectivity index is 1.66. The van der Waals surface area contributed by atoms with E-state index in [4.69, 9.17) is 0 Å². The van der Waals surface area contributed by atoms with Crippen molar-refractivity contribution in [2.24, 2.45) is 17.3 Å². The Morgan fingerprint density at radius 2 is 2.00 bits per heavy atom. The first-order chi connectivity index (χ1) is 9.46. The summed E-state index contributed by atoms with van der Waals surface area (Å²) in [4.78, 5) is 12.3. The number of nitrogens with one attached hydrogen (secondary N) is 1. The molecule has 3 atom stereocenters. The Kier molecular flexibility index (Phi) is 3.91. The molecule has 4 bridgehead atoms. The lowest BCUT2D eigenvalue weighted by molar-refractivity contribution is -0.129. The Hall–Kier alpha value is -0.0900. The lowest BCUT2D eigenvalue weighted by atomic mass is 9.48. The molecule has 0 aromatic rings. The second-order valence-electron chi connectivity index (χ2n) is 7.64. The lowest BCUT2D eigenvalue weighted by Gasteiger charge is -2.60. The molecule has 4 heteroatoms. The summed E-state index contributed by atoms with van der Waals surface area (Å²) in [6.45, 7) is 2.04. The van der Waals surface area contributed by atoms with E-state index in [2.05, 4.69) is 21.2 Å². The quantitative estimate of drug-likeness (QED) is 0.754. The summed E-state index contributed by atoms with van der Waals surface area (Å²) in [5.74, 6) is 1.79. The van der Waals surface area contributed by atoms with E-state index in [1.165, 1.54) is 32.1 Å². The molecule has 4 rings (SSSR count). The van der Waals surface area contributed by atoms with Gasteiger partial charge in [-0.3, -0.25) is 4.79 Å². The number of aliphatic hydroxyl groups is 1. The van der Waals surface area contributed by atoms with Crippen molar-refractivity contribution in [1.29, 1.82) is 0 Å². The lowest BCUT2D eigenvalue weighted by Crippen LogP contribution is -2.54. The summed E-state index contributed by atoms with van der Waals surface area (Å²) in [6, 6.07) is -0.0747. The zero-order valence-electron chi connectivity index (χ0n) is 12.3. The van der Waals surface area contributed by atoms with Crippen LogP contribution in [-0.4, -0.2) is 28.0 Å². The molecule has 0 aromatic carbocycles. The van der Waals surface area contributed by atoms with Crippen molar-refractivity contribution in [3.63, 3.8) is 0 Å². The maximum absolute atomic E-state index is 12.3. The average molecular weight is 344 g/mol. The van der Waals surface area contributed by atoms with Crippen LogP contribution in [0.4, 0.5) is 0 Å². The third kappa shape index (κ3) is 2.78. The normalized spacial score (nSPS) is 43.5. The zero-order chi connectivity index (χ0) is 14.4. The minimum atomic E-state index is -0.0747. The maximum atomic E-state index is 12.3. The number of rotatable bonds is 5. The van der Waals surface area contributed by atoms with Crippen LogP contribution in [0.25, 0.3) is 0 Å². The number of carbonyl (C=O) groups excluding carboxylic acids is 1. The zero-order valence-corrected chi connectivity index (χ0v) is 13.9. The number of aliphatic hydroxyl groups excluding tert-OH is 1. The van der Waals surface area contributed by atoms with Crippen LogP contribution < -0.4 is 5.32 Å². The Bertz CT molecular complexity index is 380. The summed E-state index contributed by atoms with van der Waals surface area (Å²) in [5, 5.41) is 12.2. The topological polar surface area (TPSA) is 49.3 Å². The SMILES string of the molecule is CCC(CO)NC(=O)CC12CC3CC(CC(Br)(C3)C1)C2. The van der Waals surface area contributed by atoms with Crippen LogP contribution >= 0.6 is 15.9 Å². The summed E-state index contributed by atoms with van der Waals surface area (Å²) < 4.78 is 0.318. The molecule has 0 spiro atoms. The fourth-order valence-corrected chi connectivity index (χ4v) is 6.95. The van der Waals surface area contributed by atoms with E-state index in [1.807, 2.05) is 6.92 Å². The van der Waals surface area contributed by atoms with Gasteiger partial charge in [-0.1, -0.05) is 22.9 Å². The Morgan fingerprint density at radius 3 is 2.50 bits per heavy atom. The summed E-state index contributed by atoms with van der Waals surface area (Å²) in [7, 11) is 0. The van der Waals surface area contributed by atoms with Crippen molar-refractivity contribution in [2.75, 3.05) is 6.61 Å². The first-order valence-corrected chi connectivity index (χ1v) is 8.84. The molecule has 2 N–H and O–H groups in total. The van der Waals surface area contributed by atoms with Crippen LogP contribution in [0.1, 0.15) is 58.3 Å². The van der Waals surface area contributed by atoms with E-state index >= 15 is 0 Å². The molecule has 3 nitrogen and oxygen atoms in total. The Morgan fingerprint density at radius 1 is 1.35 bits per heavy atom. The van der Waals surface area contributed by atoms with Gasteiger partial charge in [0.1, 0.15) is 0 Å². The molecule has 20 heavy (non-hydrogen) atoms. The second-order valence-corrected chi connectivity index (χ2v) is 9.33. The standard InChI is InChI=1S/C16H26BrNO2/c1-2-13(9-19)18-14(20)8-15-4-11-3-12(5-15)7-16(17,6-11)10-15/h11-13,19H,2-10H2,1H3,(H,18,20). The molecule has 1 amide bonds. The van der Waals surface area contributed by atoms with Gasteiger partial charge < -0.3 is 10.4 Å². The van der Waals surface area contributed by atoms with Gasteiger partial charge in [0.15, 0.2) is 0 Å². The van der Waals surface area contributed by atoms with Crippen LogP contribution in [-0.2, 0) is 4.79 Å². The highest BCUT2D eigenvalue weighted by atomic mass is 79.9. The minimum absolute atomic E-state index is 0.0445. The van der Waals surface area contributed by atoms with Gasteiger partial charge in [0, 0.05) is 10.7 Å². The highest BCUT2D eigenvalue weighted by molar-refractivity contribution is 9.10. The van der Waals surface area contributed by atoms with Gasteiger partial charge in [-0.2, -0.15) is 0 Å². The largest absolute Gasteiger partial charge is 0.394 e. The molecule has 0 saturated heterocycles. The fraction of sp³-hybridized carbons (Fsp3) is 0.938. The Labute approximate surface area is 130 Å². The van der Waals surface area contributed by atoms with Crippen LogP contribution in [0, 0.1) is 17.3 Å². The predicted octanol–water partition coefficient (Wildman–Crippen LogP) is 3.00. The van der Waals surface area contributed by atoms with Gasteiger partial charge in [-0.25, -0.2) is 0 Å². The van der Waals surface area contributed by atoms with E-state index in [-0.39, 0.29) is 24.0 Å². The van der Waals surface area contributed by atoms with Gasteiger partial charge in [-0.15, -0.1) is 0 Å². The van der Waals surface area contributed by atoms with Crippen LogP contribution in [0.2, 0.25) is 0 Å².